The van der Waals surface area contributed by atoms with Crippen molar-refractivity contribution in [1.82, 2.24) is 9.88 Å². The van der Waals surface area contributed by atoms with Crippen LogP contribution in [0, 0.1) is 0 Å². The Labute approximate surface area is 264 Å². The van der Waals surface area contributed by atoms with Crippen molar-refractivity contribution < 1.29 is 74.3 Å². The van der Waals surface area contributed by atoms with Crippen molar-refractivity contribution in [3.05, 3.63) is 59.2 Å². The van der Waals surface area contributed by atoms with E-state index in [4.69, 9.17) is 47.0 Å². The molecule has 0 atom stereocenters. The first-order valence-corrected chi connectivity index (χ1v) is 12.8. The number of rotatable bonds is 7. The molecule has 21 heteroatoms. The number of carboxylic acid groups (broad SMARTS) is 3. The van der Waals surface area contributed by atoms with Crippen LogP contribution in [0.1, 0.15) is 12.5 Å². The number of halogens is 10. The van der Waals surface area contributed by atoms with Gasteiger partial charge >= 0.3 is 36.4 Å². The number of aromatic hydroxyl groups is 1. The molecule has 0 saturated heterocycles. The Morgan fingerprint density at radius 3 is 1.77 bits per heavy atom. The molecule has 0 radical (unpaired) electrons. The number of phenolic OH excluding ortho intramolecular Hbond substituents is 1. The van der Waals surface area contributed by atoms with Gasteiger partial charge in [0.25, 0.3) is 0 Å². The largest absolute Gasteiger partial charge is 0.508 e. The maximum atomic E-state index is 10.6. The zero-order valence-electron chi connectivity index (χ0n) is 23.7. The van der Waals surface area contributed by atoms with Crippen LogP contribution in [0.2, 0.25) is 5.02 Å². The summed E-state index contributed by atoms with van der Waals surface area (Å²) in [7, 11) is 0. The van der Waals surface area contributed by atoms with Crippen LogP contribution >= 0.6 is 11.6 Å². The predicted octanol–water partition coefficient (Wildman–Crippen LogP) is 6.02. The van der Waals surface area contributed by atoms with Crippen molar-refractivity contribution in [1.29, 1.82) is 0 Å². The standard InChI is InChI=1S/C20H23ClN4O.3C2HF3O2/c1-2-25(10-8-22)13-14-11-16(4-6-20(14)26)24-18-7-9-23-19-12-15(21)3-5-17(18)19;3*3-2(4,5)1(6)7/h3-7,9,11-12,26H,2,8,10,13,22H2,1H3,(H,23,24);3*(H,6,7). The summed E-state index contributed by atoms with van der Waals surface area (Å²) in [5.74, 6) is -7.98. The van der Waals surface area contributed by atoms with Crippen molar-refractivity contribution in [3.8, 4) is 5.75 Å². The number of alkyl halides is 9. The first-order chi connectivity index (χ1) is 21.4. The molecular formula is C26H26ClF9N4O7. The SMILES string of the molecule is CCN(CCN)Cc1cc(Nc2ccnc3cc(Cl)ccc23)ccc1O.O=C(O)C(F)(F)F.O=C(O)C(F)(F)F.O=C(O)C(F)(F)F. The summed E-state index contributed by atoms with van der Waals surface area (Å²) in [5, 5.41) is 36.7. The summed E-state index contributed by atoms with van der Waals surface area (Å²) in [4.78, 5) is 33.2. The predicted molar refractivity (Wildman–Crippen MR) is 149 cm³/mol. The average Bonchev–Trinajstić information content (AvgIpc) is 2.94. The molecule has 0 fully saturated rings. The number of aromatic nitrogens is 1. The summed E-state index contributed by atoms with van der Waals surface area (Å²) in [5.41, 5.74) is 9.21. The topological polar surface area (TPSA) is 186 Å². The smallest absolute Gasteiger partial charge is 0.490 e. The quantitative estimate of drug-likeness (QED) is 0.124. The number of carboxylic acids is 3. The van der Waals surface area contributed by atoms with Crippen molar-refractivity contribution in [2.75, 3.05) is 25.0 Å². The van der Waals surface area contributed by atoms with Gasteiger partial charge in [-0.15, -0.1) is 0 Å². The molecule has 1 aromatic heterocycles. The highest BCUT2D eigenvalue weighted by atomic mass is 35.5. The molecule has 0 aliphatic rings. The molecule has 0 aliphatic heterocycles. The molecule has 0 saturated carbocycles. The van der Waals surface area contributed by atoms with Crippen LogP contribution in [0.5, 0.6) is 5.75 Å². The summed E-state index contributed by atoms with van der Waals surface area (Å²) < 4.78 is 95.2. The molecule has 47 heavy (non-hydrogen) atoms. The lowest BCUT2D eigenvalue weighted by Gasteiger charge is -2.20. The second-order valence-corrected chi connectivity index (χ2v) is 8.99. The van der Waals surface area contributed by atoms with Gasteiger partial charge in [-0.25, -0.2) is 14.4 Å². The molecule has 3 aromatic rings. The molecule has 0 bridgehead atoms. The van der Waals surface area contributed by atoms with E-state index in [2.05, 4.69) is 22.1 Å². The van der Waals surface area contributed by atoms with E-state index < -0.39 is 36.4 Å². The fraction of sp³-hybridized carbons (Fsp3) is 0.308. The van der Waals surface area contributed by atoms with Crippen molar-refractivity contribution in [2.45, 2.75) is 32.0 Å². The summed E-state index contributed by atoms with van der Waals surface area (Å²) in [6, 6.07) is 13.1. The number of fused-ring (bicyclic) bond motifs is 1. The van der Waals surface area contributed by atoms with Gasteiger partial charge in [-0.3, -0.25) is 9.88 Å². The van der Waals surface area contributed by atoms with Gasteiger partial charge in [0.05, 0.1) is 5.52 Å². The number of hydrogen-bond acceptors (Lipinski definition) is 8. The summed E-state index contributed by atoms with van der Waals surface area (Å²) in [6.45, 7) is 5.01. The fourth-order valence-electron chi connectivity index (χ4n) is 2.95. The van der Waals surface area contributed by atoms with Gasteiger partial charge in [0.2, 0.25) is 0 Å². The van der Waals surface area contributed by atoms with Crippen molar-refractivity contribution in [2.24, 2.45) is 5.73 Å². The number of likely N-dealkylation sites (N-methyl/N-ethyl adjacent to an activating group) is 1. The number of pyridine rings is 1. The summed E-state index contributed by atoms with van der Waals surface area (Å²) in [6.07, 6.45) is -13.5. The monoisotopic (exact) mass is 712 g/mol. The van der Waals surface area contributed by atoms with E-state index in [1.807, 2.05) is 36.4 Å². The van der Waals surface area contributed by atoms with Gasteiger partial charge in [0.15, 0.2) is 0 Å². The maximum Gasteiger partial charge on any atom is 0.490 e. The van der Waals surface area contributed by atoms with E-state index >= 15 is 0 Å². The van der Waals surface area contributed by atoms with Gasteiger partial charge in [0, 0.05) is 53.2 Å². The Hall–Kier alpha value is -4.56. The average molecular weight is 713 g/mol. The highest BCUT2D eigenvalue weighted by Gasteiger charge is 2.39. The lowest BCUT2D eigenvalue weighted by molar-refractivity contribution is -0.193. The number of nitrogens with one attached hydrogen (secondary N) is 1. The number of nitrogens with zero attached hydrogens (tertiary/aromatic N) is 2. The minimum Gasteiger partial charge on any atom is -0.508 e. The fourth-order valence-corrected chi connectivity index (χ4v) is 3.11. The number of phenols is 1. The minimum atomic E-state index is -5.08. The Kier molecular flexibility index (Phi) is 16.8. The third-order valence-electron chi connectivity index (χ3n) is 5.08. The minimum absolute atomic E-state index is 0.289. The Morgan fingerprint density at radius 2 is 1.34 bits per heavy atom. The van der Waals surface area contributed by atoms with Crippen LogP contribution in [0.3, 0.4) is 0 Å². The number of nitrogens with two attached hydrogens (primary N) is 1. The van der Waals surface area contributed by atoms with E-state index in [0.717, 1.165) is 40.9 Å². The molecule has 7 N–H and O–H groups in total. The molecule has 11 nitrogen and oxygen atoms in total. The third-order valence-corrected chi connectivity index (χ3v) is 5.31. The molecular weight excluding hydrogens is 687 g/mol. The maximum absolute atomic E-state index is 10.6. The number of anilines is 2. The highest BCUT2D eigenvalue weighted by Crippen LogP contribution is 2.29. The lowest BCUT2D eigenvalue weighted by atomic mass is 10.1. The highest BCUT2D eigenvalue weighted by molar-refractivity contribution is 6.31. The molecule has 0 unspecified atom stereocenters. The second kappa shape index (κ2) is 18.6. The molecule has 262 valence electrons. The van der Waals surface area contributed by atoms with Crippen molar-refractivity contribution in [3.63, 3.8) is 0 Å². The molecule has 0 spiro atoms. The van der Waals surface area contributed by atoms with Crippen LogP contribution in [0.4, 0.5) is 50.9 Å². The van der Waals surface area contributed by atoms with Crippen LogP contribution in [-0.2, 0) is 20.9 Å². The van der Waals surface area contributed by atoms with Gasteiger partial charge in [-0.2, -0.15) is 39.5 Å². The van der Waals surface area contributed by atoms with Gasteiger partial charge in [0.1, 0.15) is 5.75 Å². The zero-order valence-corrected chi connectivity index (χ0v) is 24.5. The molecule has 0 aliphatic carbocycles. The number of benzene rings is 2. The normalized spacial score (nSPS) is 11.3. The number of carbonyl (C=O) groups is 3. The Balaban J connectivity index is 0.000000820. The number of hydrogen-bond donors (Lipinski definition) is 6. The second-order valence-electron chi connectivity index (χ2n) is 8.55. The molecule has 3 rings (SSSR count). The number of aliphatic carboxylic acids is 3. The van der Waals surface area contributed by atoms with Crippen LogP contribution in [-0.4, -0.2) is 86.4 Å². The van der Waals surface area contributed by atoms with Crippen LogP contribution in [0.25, 0.3) is 10.9 Å². The van der Waals surface area contributed by atoms with E-state index in [-0.39, 0.29) is 5.75 Å². The summed E-state index contributed by atoms with van der Waals surface area (Å²) >= 11 is 6.06. The van der Waals surface area contributed by atoms with E-state index in [1.165, 1.54) is 0 Å². The molecule has 2 aromatic carbocycles. The van der Waals surface area contributed by atoms with E-state index in [9.17, 15) is 44.6 Å². The van der Waals surface area contributed by atoms with E-state index in [0.29, 0.717) is 18.1 Å². The Morgan fingerprint density at radius 1 is 0.851 bits per heavy atom. The first-order valence-electron chi connectivity index (χ1n) is 12.4. The molecule has 1 heterocycles. The Bertz CT molecular complexity index is 1430. The third kappa shape index (κ3) is 16.5. The van der Waals surface area contributed by atoms with Crippen LogP contribution < -0.4 is 11.1 Å². The zero-order chi connectivity index (χ0) is 36.8. The van der Waals surface area contributed by atoms with E-state index in [1.54, 1.807) is 12.3 Å². The van der Waals surface area contributed by atoms with Gasteiger partial charge in [-0.05, 0) is 49.0 Å². The molecule has 0 amide bonds. The van der Waals surface area contributed by atoms with Gasteiger partial charge in [-0.1, -0.05) is 18.5 Å². The first kappa shape index (κ1) is 42.4. The lowest BCUT2D eigenvalue weighted by Crippen LogP contribution is -2.28. The van der Waals surface area contributed by atoms with Crippen molar-refractivity contribution >= 4 is 51.8 Å². The van der Waals surface area contributed by atoms with Gasteiger partial charge < -0.3 is 31.5 Å². The van der Waals surface area contributed by atoms with Crippen LogP contribution in [0.15, 0.2) is 48.7 Å².